The minimum atomic E-state index is -0.618. The first-order chi connectivity index (χ1) is 15.2. The molecule has 0 aliphatic carbocycles. The third kappa shape index (κ3) is 4.98. The van der Waals surface area contributed by atoms with Crippen LogP contribution in [0.5, 0.6) is 0 Å². The quantitative estimate of drug-likeness (QED) is 0.557. The smallest absolute Gasteiger partial charge is 0.122 e. The summed E-state index contributed by atoms with van der Waals surface area (Å²) in [6.07, 6.45) is 0.546. The monoisotopic (exact) mass is 432 g/mol. The summed E-state index contributed by atoms with van der Waals surface area (Å²) in [6, 6.07) is 27.8. The molecule has 5 heteroatoms. The van der Waals surface area contributed by atoms with E-state index < -0.39 is 5.60 Å². The van der Waals surface area contributed by atoms with Crippen LogP contribution < -0.4 is 5.32 Å². The fraction of sp³-hybridized carbons (Fsp3) is 0.269. The summed E-state index contributed by atoms with van der Waals surface area (Å²) in [7, 11) is 0. The molecular formula is C26H25ClN2O2. The van der Waals surface area contributed by atoms with Crippen LogP contribution in [0.3, 0.4) is 0 Å². The second-order valence-electron chi connectivity index (χ2n) is 7.69. The lowest BCUT2D eigenvalue weighted by Crippen LogP contribution is -2.54. The lowest BCUT2D eigenvalue weighted by Gasteiger charge is -2.44. The SMILES string of the molecule is N#Cc1ccccc1COC1CNCCC1(OCc1ccccc1)c1ccc(Cl)cc1. The fourth-order valence-electron chi connectivity index (χ4n) is 4.07. The maximum absolute atomic E-state index is 9.42. The second-order valence-corrected chi connectivity index (χ2v) is 8.13. The Bertz CT molecular complexity index is 1030. The molecule has 3 aromatic rings. The first-order valence-electron chi connectivity index (χ1n) is 10.5. The Kier molecular flexibility index (Phi) is 7.01. The predicted octanol–water partition coefficient (Wildman–Crippen LogP) is 5.20. The number of nitrogens with one attached hydrogen (secondary N) is 1. The van der Waals surface area contributed by atoms with Gasteiger partial charge in [-0.15, -0.1) is 0 Å². The molecule has 3 aromatic carbocycles. The molecular weight excluding hydrogens is 408 g/mol. The van der Waals surface area contributed by atoms with E-state index in [2.05, 4.69) is 23.5 Å². The average molecular weight is 433 g/mol. The molecule has 0 bridgehead atoms. The van der Waals surface area contributed by atoms with Gasteiger partial charge in [0.05, 0.1) is 24.8 Å². The number of rotatable bonds is 7. The van der Waals surface area contributed by atoms with Crippen LogP contribution in [-0.4, -0.2) is 19.2 Å². The summed E-state index contributed by atoms with van der Waals surface area (Å²) in [5.74, 6) is 0. The summed E-state index contributed by atoms with van der Waals surface area (Å²) in [4.78, 5) is 0. The van der Waals surface area contributed by atoms with Crippen molar-refractivity contribution in [1.29, 1.82) is 5.26 Å². The predicted molar refractivity (Wildman–Crippen MR) is 122 cm³/mol. The number of benzene rings is 3. The zero-order chi connectivity index (χ0) is 21.5. The lowest BCUT2D eigenvalue weighted by molar-refractivity contribution is -0.176. The lowest BCUT2D eigenvalue weighted by atomic mass is 9.82. The van der Waals surface area contributed by atoms with Gasteiger partial charge in [0.2, 0.25) is 0 Å². The van der Waals surface area contributed by atoms with Crippen LogP contribution in [0, 0.1) is 11.3 Å². The van der Waals surface area contributed by atoms with Crippen LogP contribution >= 0.6 is 11.6 Å². The van der Waals surface area contributed by atoms with Crippen molar-refractivity contribution in [1.82, 2.24) is 5.32 Å². The van der Waals surface area contributed by atoms with E-state index in [1.165, 1.54) is 0 Å². The van der Waals surface area contributed by atoms with Crippen LogP contribution in [0.25, 0.3) is 0 Å². The minimum Gasteiger partial charge on any atom is -0.369 e. The molecule has 0 saturated carbocycles. The molecule has 4 rings (SSSR count). The summed E-state index contributed by atoms with van der Waals surface area (Å²) in [6.45, 7) is 2.32. The van der Waals surface area contributed by atoms with Crippen molar-refractivity contribution >= 4 is 11.6 Å². The van der Waals surface area contributed by atoms with Gasteiger partial charge in [0.25, 0.3) is 0 Å². The maximum Gasteiger partial charge on any atom is 0.122 e. The Morgan fingerprint density at radius 2 is 1.71 bits per heavy atom. The Balaban J connectivity index is 1.63. The van der Waals surface area contributed by atoms with Gasteiger partial charge in [0.1, 0.15) is 11.7 Å². The maximum atomic E-state index is 9.42. The molecule has 1 heterocycles. The van der Waals surface area contributed by atoms with Crippen molar-refractivity contribution in [3.63, 3.8) is 0 Å². The summed E-state index contributed by atoms with van der Waals surface area (Å²) in [5.41, 5.74) is 3.06. The third-order valence-corrected chi connectivity index (χ3v) is 6.02. The van der Waals surface area contributed by atoms with Gasteiger partial charge >= 0.3 is 0 Å². The van der Waals surface area contributed by atoms with E-state index in [4.69, 9.17) is 21.1 Å². The molecule has 1 aliphatic rings. The molecule has 0 amide bonds. The molecule has 0 spiro atoms. The number of nitriles is 1. The van der Waals surface area contributed by atoms with E-state index in [1.54, 1.807) is 0 Å². The summed E-state index contributed by atoms with van der Waals surface area (Å²) < 4.78 is 13.1. The van der Waals surface area contributed by atoms with Crippen molar-refractivity contribution in [2.75, 3.05) is 13.1 Å². The van der Waals surface area contributed by atoms with Crippen molar-refractivity contribution in [3.05, 3.63) is 106 Å². The average Bonchev–Trinajstić information content (AvgIpc) is 2.83. The van der Waals surface area contributed by atoms with E-state index in [9.17, 15) is 5.26 Å². The molecule has 1 N–H and O–H groups in total. The molecule has 4 nitrogen and oxygen atoms in total. The van der Waals surface area contributed by atoms with Crippen molar-refractivity contribution in [3.8, 4) is 6.07 Å². The Morgan fingerprint density at radius 3 is 2.48 bits per heavy atom. The molecule has 158 valence electrons. The van der Waals surface area contributed by atoms with Crippen LogP contribution in [-0.2, 0) is 28.3 Å². The van der Waals surface area contributed by atoms with E-state index in [-0.39, 0.29) is 6.10 Å². The van der Waals surface area contributed by atoms with E-state index in [0.29, 0.717) is 30.3 Å². The number of halogens is 1. The second kappa shape index (κ2) is 10.1. The summed E-state index contributed by atoms with van der Waals surface area (Å²) >= 11 is 6.16. The Labute approximate surface area is 188 Å². The standard InChI is InChI=1S/C26H25ClN2O2/c27-24-12-10-23(11-13-24)26(31-18-20-6-2-1-3-7-20)14-15-29-17-25(26)30-19-22-9-5-4-8-21(22)16-28/h1-13,25,29H,14-15,17-19H2. The molecule has 0 aromatic heterocycles. The molecule has 1 saturated heterocycles. The fourth-order valence-corrected chi connectivity index (χ4v) is 4.20. The van der Waals surface area contributed by atoms with Gasteiger partial charge in [-0.05, 0) is 47.9 Å². The van der Waals surface area contributed by atoms with Gasteiger partial charge in [-0.2, -0.15) is 5.26 Å². The van der Waals surface area contributed by atoms with Crippen LogP contribution in [0.15, 0.2) is 78.9 Å². The van der Waals surface area contributed by atoms with Gasteiger partial charge in [-0.25, -0.2) is 0 Å². The Morgan fingerprint density at radius 1 is 0.968 bits per heavy atom. The highest BCUT2D eigenvalue weighted by atomic mass is 35.5. The van der Waals surface area contributed by atoms with E-state index in [0.717, 1.165) is 29.7 Å². The van der Waals surface area contributed by atoms with Crippen molar-refractivity contribution in [2.24, 2.45) is 0 Å². The van der Waals surface area contributed by atoms with Crippen LogP contribution in [0.4, 0.5) is 0 Å². The number of ether oxygens (including phenoxy) is 2. The number of piperidine rings is 1. The van der Waals surface area contributed by atoms with Crippen molar-refractivity contribution in [2.45, 2.75) is 31.3 Å². The van der Waals surface area contributed by atoms with Gasteiger partial charge in [-0.3, -0.25) is 0 Å². The molecule has 1 fully saturated rings. The zero-order valence-corrected chi connectivity index (χ0v) is 18.0. The summed E-state index contributed by atoms with van der Waals surface area (Å²) in [5, 5.41) is 13.5. The normalized spacial score (nSPS) is 20.8. The Hall–Kier alpha value is -2.68. The minimum absolute atomic E-state index is 0.224. The third-order valence-electron chi connectivity index (χ3n) is 5.77. The molecule has 31 heavy (non-hydrogen) atoms. The molecule has 1 aliphatic heterocycles. The molecule has 2 atom stereocenters. The highest BCUT2D eigenvalue weighted by Crippen LogP contribution is 2.38. The molecule has 0 radical (unpaired) electrons. The number of hydrogen-bond acceptors (Lipinski definition) is 4. The number of hydrogen-bond donors (Lipinski definition) is 1. The zero-order valence-electron chi connectivity index (χ0n) is 17.3. The highest BCUT2D eigenvalue weighted by Gasteiger charge is 2.44. The van der Waals surface area contributed by atoms with Gasteiger partial charge in [-0.1, -0.05) is 72.3 Å². The van der Waals surface area contributed by atoms with Gasteiger partial charge < -0.3 is 14.8 Å². The van der Waals surface area contributed by atoms with Crippen LogP contribution in [0.2, 0.25) is 5.02 Å². The largest absolute Gasteiger partial charge is 0.369 e. The van der Waals surface area contributed by atoms with Crippen molar-refractivity contribution < 1.29 is 9.47 Å². The van der Waals surface area contributed by atoms with Gasteiger partial charge in [0, 0.05) is 11.6 Å². The first kappa shape index (κ1) is 21.5. The first-order valence-corrected chi connectivity index (χ1v) is 10.8. The molecule has 2 unspecified atom stereocenters. The topological polar surface area (TPSA) is 54.3 Å². The number of nitrogens with zero attached hydrogens (tertiary/aromatic N) is 1. The van der Waals surface area contributed by atoms with E-state index in [1.807, 2.05) is 66.7 Å². The van der Waals surface area contributed by atoms with E-state index >= 15 is 0 Å². The van der Waals surface area contributed by atoms with Gasteiger partial charge in [0.15, 0.2) is 0 Å². The highest BCUT2D eigenvalue weighted by molar-refractivity contribution is 6.30. The van der Waals surface area contributed by atoms with Crippen LogP contribution in [0.1, 0.15) is 28.7 Å².